The lowest BCUT2D eigenvalue weighted by Gasteiger charge is -2.23. The highest BCUT2D eigenvalue weighted by Crippen LogP contribution is 2.16. The van der Waals surface area contributed by atoms with Gasteiger partial charge < -0.3 is 20.5 Å². The molecule has 0 radical (unpaired) electrons. The van der Waals surface area contributed by atoms with Crippen LogP contribution in [-0.4, -0.2) is 43.0 Å². The summed E-state index contributed by atoms with van der Waals surface area (Å²) >= 11 is 0. The molecule has 0 fully saturated rings. The summed E-state index contributed by atoms with van der Waals surface area (Å²) in [6.07, 6.45) is -1.31. The van der Waals surface area contributed by atoms with E-state index >= 15 is 0 Å². The average molecular weight is 400 g/mol. The van der Waals surface area contributed by atoms with Gasteiger partial charge in [0.05, 0.1) is 32.0 Å². The maximum Gasteiger partial charge on any atom is 0.312 e. The van der Waals surface area contributed by atoms with E-state index in [-0.39, 0.29) is 13.2 Å². The molecule has 0 heterocycles. The van der Waals surface area contributed by atoms with Gasteiger partial charge in [-0.1, -0.05) is 6.07 Å². The van der Waals surface area contributed by atoms with Gasteiger partial charge in [-0.15, -0.1) is 0 Å². The number of carbonyl (C=O) groups is 4. The van der Waals surface area contributed by atoms with Gasteiger partial charge >= 0.3 is 11.9 Å². The first-order valence-corrected chi connectivity index (χ1v) is 8.55. The second-order valence-electron chi connectivity index (χ2n) is 5.69. The van der Waals surface area contributed by atoms with Crippen LogP contribution < -0.4 is 11.1 Å². The number of halogens is 2. The molecular weight excluding hydrogens is 378 g/mol. The van der Waals surface area contributed by atoms with Crippen LogP contribution in [0.5, 0.6) is 0 Å². The number of hydrogen-bond donors (Lipinski definition) is 2. The topological polar surface area (TPSA) is 125 Å². The second-order valence-corrected chi connectivity index (χ2v) is 5.69. The molecular formula is C18H22F2N2O6. The van der Waals surface area contributed by atoms with Crippen LogP contribution in [0.15, 0.2) is 18.2 Å². The molecule has 8 nitrogen and oxygen atoms in total. The third kappa shape index (κ3) is 6.60. The molecule has 0 saturated heterocycles. The number of nitrogens with two attached hydrogens (primary N) is 1. The maximum atomic E-state index is 13.7. The minimum Gasteiger partial charge on any atom is -0.466 e. The molecule has 0 aliphatic heterocycles. The zero-order valence-corrected chi connectivity index (χ0v) is 15.5. The number of rotatable bonds is 10. The van der Waals surface area contributed by atoms with Gasteiger partial charge in [0.2, 0.25) is 11.8 Å². The number of esters is 2. The third-order valence-electron chi connectivity index (χ3n) is 3.71. The monoisotopic (exact) mass is 400 g/mol. The van der Waals surface area contributed by atoms with Crippen molar-refractivity contribution in [3.63, 3.8) is 0 Å². The van der Waals surface area contributed by atoms with Gasteiger partial charge in [-0.25, -0.2) is 8.78 Å². The summed E-state index contributed by atoms with van der Waals surface area (Å²) in [5.41, 5.74) is 4.75. The Hall–Kier alpha value is -3.04. The van der Waals surface area contributed by atoms with Gasteiger partial charge in [-0.05, 0) is 26.0 Å². The van der Waals surface area contributed by atoms with Gasteiger partial charge in [0.1, 0.15) is 17.7 Å². The van der Waals surface area contributed by atoms with Crippen LogP contribution >= 0.6 is 0 Å². The van der Waals surface area contributed by atoms with Crippen LogP contribution in [0.3, 0.4) is 0 Å². The third-order valence-corrected chi connectivity index (χ3v) is 3.71. The minimum absolute atomic E-state index is 0.0362. The molecule has 0 spiro atoms. The number of benzene rings is 1. The first kappa shape index (κ1) is 23.0. The van der Waals surface area contributed by atoms with E-state index in [0.717, 1.165) is 18.2 Å². The average Bonchev–Trinajstić information content (AvgIpc) is 2.61. The van der Waals surface area contributed by atoms with Crippen LogP contribution in [0.2, 0.25) is 0 Å². The minimum atomic E-state index is -1.63. The molecule has 0 saturated carbocycles. The van der Waals surface area contributed by atoms with Crippen molar-refractivity contribution in [2.45, 2.75) is 32.7 Å². The molecule has 0 aliphatic rings. The Morgan fingerprint density at radius 2 is 1.64 bits per heavy atom. The number of amides is 2. The van der Waals surface area contributed by atoms with Crippen LogP contribution in [-0.2, 0) is 35.1 Å². The van der Waals surface area contributed by atoms with Gasteiger partial charge in [0, 0.05) is 5.56 Å². The molecule has 10 heteroatoms. The van der Waals surface area contributed by atoms with Crippen LogP contribution in [0.25, 0.3) is 0 Å². The standard InChI is InChI=1S/C18H22F2N2O6/c1-3-27-15(24)9-11(18(26)28-4-2)16(17(21)25)22-14(23)8-10-12(19)6-5-7-13(10)20/h5-7,11,16H,3-4,8-9H2,1-2H3,(H2,21,25)(H,22,23)/t11-,16+/m0/s1. The molecule has 0 aliphatic carbocycles. The van der Waals surface area contributed by atoms with Crippen molar-refractivity contribution in [3.05, 3.63) is 35.4 Å². The molecule has 0 aromatic heterocycles. The second kappa shape index (κ2) is 11.0. The lowest BCUT2D eigenvalue weighted by Crippen LogP contribution is -2.52. The van der Waals surface area contributed by atoms with Crippen LogP contribution in [0.1, 0.15) is 25.8 Å². The van der Waals surface area contributed by atoms with Crippen molar-refractivity contribution < 1.29 is 37.4 Å². The Morgan fingerprint density at radius 3 is 2.14 bits per heavy atom. The summed E-state index contributed by atoms with van der Waals surface area (Å²) in [5, 5.41) is 2.15. The molecule has 154 valence electrons. The fourth-order valence-corrected chi connectivity index (χ4v) is 2.44. The van der Waals surface area contributed by atoms with E-state index in [0.29, 0.717) is 0 Å². The molecule has 2 atom stereocenters. The Bertz CT molecular complexity index is 721. The molecule has 2 amide bonds. The van der Waals surface area contributed by atoms with Crippen molar-refractivity contribution in [2.24, 2.45) is 11.7 Å². The quantitative estimate of drug-likeness (QED) is 0.555. The first-order chi connectivity index (χ1) is 13.2. The fraction of sp³-hybridized carbons (Fsp3) is 0.444. The van der Waals surface area contributed by atoms with Gasteiger partial charge in [0.25, 0.3) is 0 Å². The SMILES string of the molecule is CCOC(=O)C[C@H](C(=O)OCC)[C@@H](NC(=O)Cc1c(F)cccc1F)C(N)=O. The highest BCUT2D eigenvalue weighted by Gasteiger charge is 2.37. The van der Waals surface area contributed by atoms with Crippen molar-refractivity contribution in [1.82, 2.24) is 5.32 Å². The predicted molar refractivity (Wildman–Crippen MR) is 92.6 cm³/mol. The lowest BCUT2D eigenvalue weighted by atomic mass is 9.95. The molecule has 1 rings (SSSR count). The summed E-state index contributed by atoms with van der Waals surface area (Å²) in [7, 11) is 0. The highest BCUT2D eigenvalue weighted by atomic mass is 19.1. The zero-order valence-electron chi connectivity index (χ0n) is 15.5. The number of nitrogens with one attached hydrogen (secondary N) is 1. The summed E-state index contributed by atoms with van der Waals surface area (Å²) in [4.78, 5) is 47.9. The summed E-state index contributed by atoms with van der Waals surface area (Å²) in [6, 6.07) is 1.44. The maximum absolute atomic E-state index is 13.7. The van der Waals surface area contributed by atoms with Gasteiger partial charge in [-0.2, -0.15) is 0 Å². The van der Waals surface area contributed by atoms with E-state index in [9.17, 15) is 28.0 Å². The predicted octanol–water partition coefficient (Wildman–Crippen LogP) is 0.610. The molecule has 0 bridgehead atoms. The largest absolute Gasteiger partial charge is 0.466 e. The highest BCUT2D eigenvalue weighted by molar-refractivity contribution is 5.93. The fourth-order valence-electron chi connectivity index (χ4n) is 2.44. The van der Waals surface area contributed by atoms with Crippen molar-refractivity contribution in [2.75, 3.05) is 13.2 Å². The van der Waals surface area contributed by atoms with E-state index < -0.39 is 65.8 Å². The number of primary amides is 1. The zero-order chi connectivity index (χ0) is 21.3. The molecule has 1 aromatic carbocycles. The summed E-state index contributed by atoms with van der Waals surface area (Å²) in [6.45, 7) is 3.05. The Kier molecular flexibility index (Phi) is 9.00. The van der Waals surface area contributed by atoms with Crippen molar-refractivity contribution >= 4 is 23.8 Å². The molecule has 28 heavy (non-hydrogen) atoms. The van der Waals surface area contributed by atoms with E-state index in [1.807, 2.05) is 0 Å². The normalized spacial score (nSPS) is 12.6. The Balaban J connectivity index is 3.02. The van der Waals surface area contributed by atoms with Gasteiger partial charge in [-0.3, -0.25) is 19.2 Å². The molecule has 1 aromatic rings. The summed E-state index contributed by atoms with van der Waals surface area (Å²) in [5.74, 6) is -7.18. The van der Waals surface area contributed by atoms with Crippen LogP contribution in [0, 0.1) is 17.6 Å². The van der Waals surface area contributed by atoms with E-state index in [4.69, 9.17) is 15.2 Å². The number of hydrogen-bond acceptors (Lipinski definition) is 6. The Labute approximate surface area is 160 Å². The van der Waals surface area contributed by atoms with Gasteiger partial charge in [0.15, 0.2) is 0 Å². The molecule has 0 unspecified atom stereocenters. The number of ether oxygens (including phenoxy) is 2. The van der Waals surface area contributed by atoms with E-state index in [1.165, 1.54) is 6.92 Å². The lowest BCUT2D eigenvalue weighted by molar-refractivity contribution is -0.157. The van der Waals surface area contributed by atoms with Crippen molar-refractivity contribution in [1.29, 1.82) is 0 Å². The summed E-state index contributed by atoms with van der Waals surface area (Å²) < 4.78 is 37.0. The molecule has 3 N–H and O–H groups in total. The Morgan fingerprint density at radius 1 is 1.07 bits per heavy atom. The number of carbonyl (C=O) groups excluding carboxylic acids is 4. The smallest absolute Gasteiger partial charge is 0.312 e. The van der Waals surface area contributed by atoms with Crippen molar-refractivity contribution in [3.8, 4) is 0 Å². The van der Waals surface area contributed by atoms with E-state index in [1.54, 1.807) is 6.92 Å². The first-order valence-electron chi connectivity index (χ1n) is 8.55. The van der Waals surface area contributed by atoms with Crippen LogP contribution in [0.4, 0.5) is 8.78 Å². The van der Waals surface area contributed by atoms with E-state index in [2.05, 4.69) is 5.32 Å².